The SMILES string of the molecule is N#Cc1cccc(Oc2ccc(S(=O)(=O)C(F)F)c(C#N)c2C#N)c1. The van der Waals surface area contributed by atoms with Gasteiger partial charge in [-0.3, -0.25) is 0 Å². The van der Waals surface area contributed by atoms with Gasteiger partial charge in [-0.2, -0.15) is 24.6 Å². The highest BCUT2D eigenvalue weighted by Crippen LogP contribution is 2.33. The van der Waals surface area contributed by atoms with Crippen LogP contribution in [0.4, 0.5) is 8.78 Å². The molecule has 2 aromatic carbocycles. The summed E-state index contributed by atoms with van der Waals surface area (Å²) in [4.78, 5) is -0.945. The Labute approximate surface area is 141 Å². The van der Waals surface area contributed by atoms with Gasteiger partial charge in [0.2, 0.25) is 9.84 Å². The van der Waals surface area contributed by atoms with Crippen LogP contribution in [-0.2, 0) is 9.84 Å². The van der Waals surface area contributed by atoms with E-state index in [-0.39, 0.29) is 17.1 Å². The van der Waals surface area contributed by atoms with E-state index in [9.17, 15) is 22.5 Å². The molecule has 2 aromatic rings. The molecule has 124 valence electrons. The number of benzene rings is 2. The number of hydrogen-bond donors (Lipinski definition) is 0. The minimum Gasteiger partial charge on any atom is -0.456 e. The third-order valence-corrected chi connectivity index (χ3v) is 4.51. The Bertz CT molecular complexity index is 1060. The summed E-state index contributed by atoms with van der Waals surface area (Å²) in [6.07, 6.45) is 0. The van der Waals surface area contributed by atoms with Gasteiger partial charge in [0.25, 0.3) is 0 Å². The predicted molar refractivity (Wildman–Crippen MR) is 80.3 cm³/mol. The molecule has 0 aliphatic heterocycles. The van der Waals surface area contributed by atoms with Gasteiger partial charge >= 0.3 is 5.76 Å². The van der Waals surface area contributed by atoms with Crippen molar-refractivity contribution in [3.05, 3.63) is 53.1 Å². The second-order valence-electron chi connectivity index (χ2n) is 4.58. The number of nitriles is 3. The molecule has 0 atom stereocenters. The van der Waals surface area contributed by atoms with E-state index in [1.54, 1.807) is 6.07 Å². The number of alkyl halides is 2. The fourth-order valence-electron chi connectivity index (χ4n) is 1.96. The van der Waals surface area contributed by atoms with Crippen LogP contribution in [0.15, 0.2) is 41.3 Å². The maximum absolute atomic E-state index is 12.7. The molecular weight excluding hydrogens is 352 g/mol. The minimum atomic E-state index is -5.06. The Balaban J connectivity index is 2.61. The number of rotatable bonds is 4. The Morgan fingerprint density at radius 2 is 1.64 bits per heavy atom. The van der Waals surface area contributed by atoms with Gasteiger partial charge < -0.3 is 4.74 Å². The molecule has 2 rings (SSSR count). The number of nitrogens with zero attached hydrogens (tertiary/aromatic N) is 3. The van der Waals surface area contributed by atoms with Crippen molar-refractivity contribution in [2.75, 3.05) is 0 Å². The average Bonchev–Trinajstić information content (AvgIpc) is 2.60. The van der Waals surface area contributed by atoms with Crippen LogP contribution >= 0.6 is 0 Å². The first-order valence-electron chi connectivity index (χ1n) is 6.52. The van der Waals surface area contributed by atoms with Gasteiger partial charge in [0.05, 0.1) is 22.1 Å². The molecule has 25 heavy (non-hydrogen) atoms. The van der Waals surface area contributed by atoms with Gasteiger partial charge in [-0.15, -0.1) is 0 Å². The van der Waals surface area contributed by atoms with Crippen LogP contribution in [0.2, 0.25) is 0 Å². The van der Waals surface area contributed by atoms with Crippen molar-refractivity contribution in [2.45, 2.75) is 10.7 Å². The monoisotopic (exact) mass is 359 g/mol. The second-order valence-corrected chi connectivity index (χ2v) is 6.47. The summed E-state index contributed by atoms with van der Waals surface area (Å²) < 4.78 is 54.2. The molecule has 0 spiro atoms. The highest BCUT2D eigenvalue weighted by molar-refractivity contribution is 7.91. The highest BCUT2D eigenvalue weighted by Gasteiger charge is 2.31. The molecule has 9 heteroatoms. The molecule has 0 saturated heterocycles. The lowest BCUT2D eigenvalue weighted by atomic mass is 10.1. The molecule has 0 heterocycles. The molecule has 0 fully saturated rings. The van der Waals surface area contributed by atoms with Crippen molar-refractivity contribution in [2.24, 2.45) is 0 Å². The molecule has 0 saturated carbocycles. The smallest absolute Gasteiger partial charge is 0.341 e. The van der Waals surface area contributed by atoms with E-state index in [2.05, 4.69) is 0 Å². The van der Waals surface area contributed by atoms with E-state index in [4.69, 9.17) is 15.3 Å². The standard InChI is InChI=1S/C16H7F2N3O3S/c17-16(18)25(22,23)15-5-4-14(12(8-20)13(15)9-21)24-11-3-1-2-10(6-11)7-19/h1-6,16H. The first-order valence-corrected chi connectivity index (χ1v) is 8.07. The van der Waals surface area contributed by atoms with Gasteiger partial charge in [0.15, 0.2) is 0 Å². The summed E-state index contributed by atoms with van der Waals surface area (Å²) >= 11 is 0. The van der Waals surface area contributed by atoms with Crippen LogP contribution < -0.4 is 4.74 Å². The zero-order valence-electron chi connectivity index (χ0n) is 12.3. The Kier molecular flexibility index (Phi) is 4.97. The molecule has 0 bridgehead atoms. The van der Waals surface area contributed by atoms with Gasteiger partial charge in [0.1, 0.15) is 29.2 Å². The molecular formula is C16H7F2N3O3S. The lowest BCUT2D eigenvalue weighted by Crippen LogP contribution is -2.14. The van der Waals surface area contributed by atoms with Crippen LogP contribution in [-0.4, -0.2) is 14.2 Å². The molecule has 6 nitrogen and oxygen atoms in total. The third-order valence-electron chi connectivity index (χ3n) is 3.08. The molecule has 0 unspecified atom stereocenters. The van der Waals surface area contributed by atoms with E-state index in [1.807, 2.05) is 6.07 Å². The quantitative estimate of drug-likeness (QED) is 0.828. The number of hydrogen-bond acceptors (Lipinski definition) is 6. The maximum Gasteiger partial charge on any atom is 0.341 e. The summed E-state index contributed by atoms with van der Waals surface area (Å²) in [6, 6.07) is 12.6. The van der Waals surface area contributed by atoms with Crippen LogP contribution in [0.1, 0.15) is 16.7 Å². The molecule has 0 amide bonds. The number of sulfone groups is 1. The zero-order valence-corrected chi connectivity index (χ0v) is 13.1. The molecule has 0 radical (unpaired) electrons. The van der Waals surface area contributed by atoms with Gasteiger partial charge in [-0.05, 0) is 30.3 Å². The maximum atomic E-state index is 12.7. The fourth-order valence-corrected chi connectivity index (χ4v) is 2.84. The highest BCUT2D eigenvalue weighted by atomic mass is 32.2. The van der Waals surface area contributed by atoms with E-state index in [0.29, 0.717) is 0 Å². The molecule has 0 aliphatic rings. The summed E-state index contributed by atoms with van der Waals surface area (Å²) in [7, 11) is -5.06. The zero-order chi connectivity index (χ0) is 18.6. The number of ether oxygens (including phenoxy) is 1. The van der Waals surface area contributed by atoms with E-state index < -0.39 is 31.6 Å². The largest absolute Gasteiger partial charge is 0.456 e. The van der Waals surface area contributed by atoms with Crippen LogP contribution in [0, 0.1) is 34.0 Å². The van der Waals surface area contributed by atoms with Crippen LogP contribution in [0.3, 0.4) is 0 Å². The third kappa shape index (κ3) is 3.40. The summed E-state index contributed by atoms with van der Waals surface area (Å²) in [5.41, 5.74) is -0.947. The lowest BCUT2D eigenvalue weighted by molar-refractivity contribution is 0.234. The topological polar surface area (TPSA) is 115 Å². The fraction of sp³-hybridized carbons (Fsp3) is 0.0625. The molecule has 0 aromatic heterocycles. The van der Waals surface area contributed by atoms with Crippen LogP contribution in [0.5, 0.6) is 11.5 Å². The summed E-state index contributed by atoms with van der Waals surface area (Å²) in [5, 5.41) is 27.2. The van der Waals surface area contributed by atoms with Crippen LogP contribution in [0.25, 0.3) is 0 Å². The lowest BCUT2D eigenvalue weighted by Gasteiger charge is -2.11. The summed E-state index contributed by atoms with van der Waals surface area (Å²) in [5.74, 6) is -3.77. The average molecular weight is 359 g/mol. The summed E-state index contributed by atoms with van der Waals surface area (Å²) in [6.45, 7) is 0. The first kappa shape index (κ1) is 17.9. The van der Waals surface area contributed by atoms with Crippen molar-refractivity contribution >= 4 is 9.84 Å². The predicted octanol–water partition coefficient (Wildman–Crippen LogP) is 3.09. The van der Waals surface area contributed by atoms with E-state index in [1.165, 1.54) is 30.3 Å². The van der Waals surface area contributed by atoms with Gasteiger partial charge in [-0.1, -0.05) is 6.07 Å². The van der Waals surface area contributed by atoms with Crippen molar-refractivity contribution < 1.29 is 21.9 Å². The Morgan fingerprint density at radius 1 is 0.960 bits per heavy atom. The van der Waals surface area contributed by atoms with Crippen molar-refractivity contribution in [3.8, 4) is 29.7 Å². The number of halogens is 2. The van der Waals surface area contributed by atoms with Crippen molar-refractivity contribution in [1.29, 1.82) is 15.8 Å². The molecule has 0 aliphatic carbocycles. The normalized spacial score (nSPS) is 10.6. The van der Waals surface area contributed by atoms with Crippen molar-refractivity contribution in [1.82, 2.24) is 0 Å². The van der Waals surface area contributed by atoms with E-state index in [0.717, 1.165) is 12.1 Å². The molecule has 0 N–H and O–H groups in total. The second kappa shape index (κ2) is 6.96. The van der Waals surface area contributed by atoms with E-state index >= 15 is 0 Å². The van der Waals surface area contributed by atoms with Gasteiger partial charge in [0, 0.05) is 0 Å². The Morgan fingerprint density at radius 3 is 2.20 bits per heavy atom. The van der Waals surface area contributed by atoms with Gasteiger partial charge in [-0.25, -0.2) is 8.42 Å². The first-order chi connectivity index (χ1) is 11.8. The van der Waals surface area contributed by atoms with Crippen molar-refractivity contribution in [3.63, 3.8) is 0 Å². The minimum absolute atomic E-state index is 0.156. The Hall–Kier alpha value is -3.48.